The first-order valence-corrected chi connectivity index (χ1v) is 10.4. The van der Waals surface area contributed by atoms with Crippen LogP contribution in [0, 0.1) is 5.92 Å². The van der Waals surface area contributed by atoms with Crippen molar-refractivity contribution in [3.8, 4) is 0 Å². The molecule has 2 N–H and O–H groups in total. The SMILES string of the molecule is CC1CCN(C(=O)[C@@H](NC(=O)N[C@@H](C)c2cccs2)c2ccccc2)CC1. The molecule has 27 heavy (non-hydrogen) atoms. The number of urea groups is 1. The normalized spacial score (nSPS) is 17.2. The molecule has 0 radical (unpaired) electrons. The van der Waals surface area contributed by atoms with Crippen molar-refractivity contribution in [2.24, 2.45) is 5.92 Å². The molecule has 3 rings (SSSR count). The number of amides is 3. The Balaban J connectivity index is 1.70. The minimum atomic E-state index is -0.671. The van der Waals surface area contributed by atoms with E-state index < -0.39 is 6.04 Å². The zero-order chi connectivity index (χ0) is 19.2. The van der Waals surface area contributed by atoms with Crippen LogP contribution in [0.5, 0.6) is 0 Å². The van der Waals surface area contributed by atoms with Gasteiger partial charge in [-0.25, -0.2) is 4.79 Å². The van der Waals surface area contributed by atoms with Crippen LogP contribution in [0.25, 0.3) is 0 Å². The van der Waals surface area contributed by atoms with Crippen LogP contribution < -0.4 is 10.6 Å². The van der Waals surface area contributed by atoms with Gasteiger partial charge in [-0.2, -0.15) is 0 Å². The van der Waals surface area contributed by atoms with Crippen LogP contribution in [0.15, 0.2) is 47.8 Å². The second-order valence-electron chi connectivity index (χ2n) is 7.21. The van der Waals surface area contributed by atoms with Gasteiger partial charge in [0, 0.05) is 18.0 Å². The highest BCUT2D eigenvalue weighted by Crippen LogP contribution is 2.22. The van der Waals surface area contributed by atoms with Crippen molar-refractivity contribution in [3.63, 3.8) is 0 Å². The summed E-state index contributed by atoms with van der Waals surface area (Å²) < 4.78 is 0. The van der Waals surface area contributed by atoms with E-state index in [1.165, 1.54) is 0 Å². The van der Waals surface area contributed by atoms with Crippen molar-refractivity contribution >= 4 is 23.3 Å². The Morgan fingerprint density at radius 2 is 1.78 bits per heavy atom. The number of carbonyl (C=O) groups is 2. The van der Waals surface area contributed by atoms with Gasteiger partial charge in [0.1, 0.15) is 6.04 Å². The maximum absolute atomic E-state index is 13.1. The van der Waals surface area contributed by atoms with E-state index in [0.717, 1.165) is 36.4 Å². The smallest absolute Gasteiger partial charge is 0.316 e. The predicted octanol–water partition coefficient (Wildman–Crippen LogP) is 4.11. The number of benzene rings is 1. The van der Waals surface area contributed by atoms with Crippen molar-refractivity contribution in [2.45, 2.75) is 38.8 Å². The third-order valence-electron chi connectivity index (χ3n) is 5.07. The van der Waals surface area contributed by atoms with E-state index in [-0.39, 0.29) is 18.0 Å². The molecule has 1 saturated heterocycles. The van der Waals surface area contributed by atoms with Crippen LogP contribution in [0.3, 0.4) is 0 Å². The third kappa shape index (κ3) is 5.10. The number of nitrogens with zero attached hydrogens (tertiary/aromatic N) is 1. The molecule has 2 heterocycles. The number of rotatable bonds is 5. The van der Waals surface area contributed by atoms with Crippen LogP contribution in [-0.2, 0) is 4.79 Å². The van der Waals surface area contributed by atoms with Gasteiger partial charge in [-0.3, -0.25) is 4.79 Å². The Kier molecular flexibility index (Phi) is 6.50. The first kappa shape index (κ1) is 19.4. The average Bonchev–Trinajstić information content (AvgIpc) is 3.22. The highest BCUT2D eigenvalue weighted by Gasteiger charge is 2.29. The molecule has 0 unspecified atom stereocenters. The van der Waals surface area contributed by atoms with Gasteiger partial charge in [-0.1, -0.05) is 43.3 Å². The minimum absolute atomic E-state index is 0.0352. The molecular weight excluding hydrogens is 358 g/mol. The van der Waals surface area contributed by atoms with Gasteiger partial charge in [-0.05, 0) is 42.7 Å². The lowest BCUT2D eigenvalue weighted by atomic mass is 9.97. The van der Waals surface area contributed by atoms with Gasteiger partial charge >= 0.3 is 6.03 Å². The Hall–Kier alpha value is -2.34. The van der Waals surface area contributed by atoms with Gasteiger partial charge in [0.15, 0.2) is 0 Å². The summed E-state index contributed by atoms with van der Waals surface area (Å²) in [5.74, 6) is 0.610. The average molecular weight is 386 g/mol. The molecular formula is C21H27N3O2S. The van der Waals surface area contributed by atoms with Gasteiger partial charge in [-0.15, -0.1) is 11.3 Å². The Labute approximate surface area is 164 Å². The second-order valence-corrected chi connectivity index (χ2v) is 8.19. The number of piperidine rings is 1. The Morgan fingerprint density at radius 1 is 1.07 bits per heavy atom. The van der Waals surface area contributed by atoms with E-state index >= 15 is 0 Å². The molecule has 2 atom stereocenters. The quantitative estimate of drug-likeness (QED) is 0.814. The van der Waals surface area contributed by atoms with Crippen LogP contribution >= 0.6 is 11.3 Å². The summed E-state index contributed by atoms with van der Waals surface area (Å²) in [5.41, 5.74) is 0.806. The molecule has 1 aliphatic rings. The van der Waals surface area contributed by atoms with Crippen molar-refractivity contribution in [1.82, 2.24) is 15.5 Å². The molecule has 1 aromatic carbocycles. The first-order valence-electron chi connectivity index (χ1n) is 9.48. The summed E-state index contributed by atoms with van der Waals surface area (Å²) in [6, 6.07) is 12.3. The fourth-order valence-corrected chi connectivity index (χ4v) is 4.06. The minimum Gasteiger partial charge on any atom is -0.341 e. The number of nitrogens with one attached hydrogen (secondary N) is 2. The topological polar surface area (TPSA) is 61.4 Å². The van der Waals surface area contributed by atoms with E-state index in [0.29, 0.717) is 5.92 Å². The van der Waals surface area contributed by atoms with Crippen molar-refractivity contribution in [3.05, 3.63) is 58.3 Å². The predicted molar refractivity (Wildman–Crippen MR) is 109 cm³/mol. The van der Waals surface area contributed by atoms with Gasteiger partial charge in [0.05, 0.1) is 6.04 Å². The van der Waals surface area contributed by atoms with Crippen LogP contribution in [0.2, 0.25) is 0 Å². The monoisotopic (exact) mass is 385 g/mol. The molecule has 0 bridgehead atoms. The zero-order valence-electron chi connectivity index (χ0n) is 15.9. The summed E-state index contributed by atoms with van der Waals surface area (Å²) >= 11 is 1.60. The molecule has 1 aromatic heterocycles. The molecule has 3 amide bonds. The Bertz CT molecular complexity index is 740. The van der Waals surface area contributed by atoms with Crippen molar-refractivity contribution in [1.29, 1.82) is 0 Å². The fraction of sp³-hybridized carbons (Fsp3) is 0.429. The third-order valence-corrected chi connectivity index (χ3v) is 6.12. The molecule has 5 nitrogen and oxygen atoms in total. The molecule has 0 aliphatic carbocycles. The van der Waals surface area contributed by atoms with Gasteiger partial charge in [0.2, 0.25) is 5.91 Å². The van der Waals surface area contributed by atoms with Crippen molar-refractivity contribution in [2.75, 3.05) is 13.1 Å². The van der Waals surface area contributed by atoms with Crippen LogP contribution in [0.4, 0.5) is 4.79 Å². The molecule has 6 heteroatoms. The largest absolute Gasteiger partial charge is 0.341 e. The zero-order valence-corrected chi connectivity index (χ0v) is 16.7. The summed E-state index contributed by atoms with van der Waals surface area (Å²) in [7, 11) is 0. The highest BCUT2D eigenvalue weighted by atomic mass is 32.1. The molecule has 0 spiro atoms. The first-order chi connectivity index (χ1) is 13.0. The number of carbonyl (C=O) groups excluding carboxylic acids is 2. The second kappa shape index (κ2) is 9.04. The number of hydrogen-bond donors (Lipinski definition) is 2. The van der Waals surface area contributed by atoms with E-state index in [1.807, 2.05) is 59.7 Å². The van der Waals surface area contributed by atoms with Crippen LogP contribution in [0.1, 0.15) is 49.2 Å². The lowest BCUT2D eigenvalue weighted by Gasteiger charge is -2.33. The Morgan fingerprint density at radius 3 is 2.41 bits per heavy atom. The lowest BCUT2D eigenvalue weighted by Crippen LogP contribution is -2.48. The number of likely N-dealkylation sites (tertiary alicyclic amines) is 1. The molecule has 144 valence electrons. The van der Waals surface area contributed by atoms with E-state index in [1.54, 1.807) is 11.3 Å². The summed E-state index contributed by atoms with van der Waals surface area (Å²) in [4.78, 5) is 28.7. The van der Waals surface area contributed by atoms with E-state index in [4.69, 9.17) is 0 Å². The van der Waals surface area contributed by atoms with E-state index in [2.05, 4.69) is 17.6 Å². The summed E-state index contributed by atoms with van der Waals surface area (Å²) in [6.07, 6.45) is 2.02. The molecule has 0 saturated carbocycles. The number of thiophene rings is 1. The standard InChI is InChI=1S/C21H27N3O2S/c1-15-10-12-24(13-11-15)20(25)19(17-7-4-3-5-8-17)23-21(26)22-16(2)18-9-6-14-27-18/h3-9,14-16,19H,10-13H2,1-2H3,(H2,22,23,26)/t16-,19-/m0/s1. The highest BCUT2D eigenvalue weighted by molar-refractivity contribution is 7.10. The summed E-state index contributed by atoms with van der Waals surface area (Å²) in [6.45, 7) is 5.65. The molecule has 1 aliphatic heterocycles. The lowest BCUT2D eigenvalue weighted by molar-refractivity contribution is -0.134. The number of hydrogen-bond acceptors (Lipinski definition) is 3. The fourth-order valence-electron chi connectivity index (χ4n) is 3.32. The maximum atomic E-state index is 13.1. The molecule has 2 aromatic rings. The maximum Gasteiger partial charge on any atom is 0.316 e. The molecule has 1 fully saturated rings. The van der Waals surface area contributed by atoms with Gasteiger partial charge in [0.25, 0.3) is 0 Å². The van der Waals surface area contributed by atoms with E-state index in [9.17, 15) is 9.59 Å². The van der Waals surface area contributed by atoms with Crippen LogP contribution in [-0.4, -0.2) is 29.9 Å². The van der Waals surface area contributed by atoms with Gasteiger partial charge < -0.3 is 15.5 Å². The summed E-state index contributed by atoms with van der Waals surface area (Å²) in [5, 5.41) is 7.82. The van der Waals surface area contributed by atoms with Crippen molar-refractivity contribution < 1.29 is 9.59 Å².